The molecule has 4 atom stereocenters. The predicted octanol–water partition coefficient (Wildman–Crippen LogP) is 2.46. The molecule has 2 fully saturated rings. The van der Waals surface area contributed by atoms with Gasteiger partial charge in [-0.1, -0.05) is 67.6 Å². The van der Waals surface area contributed by atoms with Gasteiger partial charge in [-0.05, 0) is 75.3 Å². The van der Waals surface area contributed by atoms with Gasteiger partial charge in [0.25, 0.3) is 11.8 Å². The summed E-state index contributed by atoms with van der Waals surface area (Å²) in [5.74, 6) is -4.14. The minimum atomic E-state index is -3.53. The number of ketones is 1. The first kappa shape index (κ1) is 46.4. The molecule has 1 saturated heterocycles. The van der Waals surface area contributed by atoms with Gasteiger partial charge >= 0.3 is 6.09 Å². The van der Waals surface area contributed by atoms with Crippen LogP contribution >= 0.6 is 0 Å². The van der Waals surface area contributed by atoms with Crippen LogP contribution in [0.15, 0.2) is 65.7 Å². The molecular weight excluding hydrogens is 809 g/mol. The fourth-order valence-corrected chi connectivity index (χ4v) is 8.48. The van der Waals surface area contributed by atoms with E-state index in [-0.39, 0.29) is 61.8 Å². The molecular formula is C42H56N8O10S. The molecule has 61 heavy (non-hydrogen) atoms. The number of rotatable bonds is 19. The Hall–Kier alpha value is -5.69. The standard InChI is InChI=1S/C42H56N8O10S/c1-42(2,57)35-24-45-48-50(35)30-23-34(39(54)46-32(36(51)37(43)52)16-10-11-21-44-41(56)60-26-28-14-8-5-9-15-28)49(25-30)40(55)33(22-27-12-6-4-7-13-27)47-38(53)29-17-19-31(20-18-29)61(3,58)59/h5,8-9,14-15,17-20,24,27,30,32-34,57H,4,6-7,10-13,16,21-23,25-26H2,1-3H3,(H2,43,52)(H,44,56)(H,46,54)(H,47,53)/t30-,32?,33+,34-/m0/s1. The summed E-state index contributed by atoms with van der Waals surface area (Å²) in [5.41, 5.74) is 5.28. The number of sulfone groups is 1. The Kier molecular flexibility index (Phi) is 15.8. The van der Waals surface area contributed by atoms with Crippen LogP contribution in [0.3, 0.4) is 0 Å². The molecule has 5 amide bonds. The van der Waals surface area contributed by atoms with Crippen molar-refractivity contribution >= 4 is 45.3 Å². The largest absolute Gasteiger partial charge is 0.445 e. The zero-order valence-electron chi connectivity index (χ0n) is 34.7. The fraction of sp³-hybridized carbons (Fsp3) is 0.524. The van der Waals surface area contributed by atoms with E-state index in [1.807, 2.05) is 30.3 Å². The lowest BCUT2D eigenvalue weighted by Crippen LogP contribution is -2.56. The Morgan fingerprint density at radius 1 is 0.951 bits per heavy atom. The Morgan fingerprint density at radius 3 is 2.28 bits per heavy atom. The Morgan fingerprint density at radius 2 is 1.64 bits per heavy atom. The zero-order chi connectivity index (χ0) is 44.3. The van der Waals surface area contributed by atoms with Gasteiger partial charge in [-0.2, -0.15) is 0 Å². The second-order valence-corrected chi connectivity index (χ2v) is 18.4. The van der Waals surface area contributed by atoms with Crippen molar-refractivity contribution in [1.29, 1.82) is 0 Å². The molecule has 6 N–H and O–H groups in total. The number of hydrogen-bond acceptors (Lipinski definition) is 12. The van der Waals surface area contributed by atoms with Crippen LogP contribution in [0.2, 0.25) is 0 Å². The van der Waals surface area contributed by atoms with Crippen molar-refractivity contribution in [3.63, 3.8) is 0 Å². The van der Waals surface area contributed by atoms with Crippen LogP contribution in [-0.2, 0) is 46.0 Å². The molecule has 3 aromatic rings. The second kappa shape index (κ2) is 20.7. The summed E-state index contributed by atoms with van der Waals surface area (Å²) < 4.78 is 30.8. The molecule has 5 rings (SSSR count). The van der Waals surface area contributed by atoms with Crippen LogP contribution in [0.4, 0.5) is 4.79 Å². The average molecular weight is 865 g/mol. The summed E-state index contributed by atoms with van der Waals surface area (Å²) in [6.07, 6.45) is 7.34. The van der Waals surface area contributed by atoms with Gasteiger partial charge < -0.3 is 36.4 Å². The highest BCUT2D eigenvalue weighted by Crippen LogP contribution is 2.33. The molecule has 2 aromatic carbocycles. The van der Waals surface area contributed by atoms with E-state index in [4.69, 9.17) is 10.5 Å². The number of nitrogens with zero attached hydrogens (tertiary/aromatic N) is 4. The lowest BCUT2D eigenvalue weighted by molar-refractivity contribution is -0.142. The van der Waals surface area contributed by atoms with Gasteiger partial charge in [-0.3, -0.25) is 24.0 Å². The van der Waals surface area contributed by atoms with Crippen LogP contribution in [0.1, 0.15) is 106 Å². The van der Waals surface area contributed by atoms with Crippen molar-refractivity contribution in [2.24, 2.45) is 11.7 Å². The molecule has 0 radical (unpaired) electrons. The summed E-state index contributed by atoms with van der Waals surface area (Å²) in [6.45, 7) is 3.28. The quantitative estimate of drug-likeness (QED) is 0.0860. The van der Waals surface area contributed by atoms with Gasteiger partial charge in [0.15, 0.2) is 9.84 Å². The first-order valence-corrected chi connectivity index (χ1v) is 22.4. The van der Waals surface area contributed by atoms with E-state index in [1.54, 1.807) is 13.8 Å². The number of ether oxygens (including phenoxy) is 1. The molecule has 0 spiro atoms. The Balaban J connectivity index is 1.34. The molecule has 0 bridgehead atoms. The van der Waals surface area contributed by atoms with Crippen molar-refractivity contribution in [3.8, 4) is 0 Å². The van der Waals surface area contributed by atoms with Gasteiger partial charge in [-0.15, -0.1) is 5.10 Å². The summed E-state index contributed by atoms with van der Waals surface area (Å²) in [4.78, 5) is 81.6. The second-order valence-electron chi connectivity index (χ2n) is 16.4. The first-order valence-electron chi connectivity index (χ1n) is 20.6. The molecule has 1 saturated carbocycles. The van der Waals surface area contributed by atoms with Crippen LogP contribution in [0.25, 0.3) is 0 Å². The van der Waals surface area contributed by atoms with E-state index >= 15 is 0 Å². The topological polar surface area (TPSA) is 262 Å². The molecule has 18 nitrogen and oxygen atoms in total. The number of unbranched alkanes of at least 4 members (excludes halogenated alkanes) is 1. The van der Waals surface area contributed by atoms with Crippen molar-refractivity contribution in [2.75, 3.05) is 19.3 Å². The third-order valence-corrected chi connectivity index (χ3v) is 12.3. The number of benzene rings is 2. The van der Waals surface area contributed by atoms with Crippen molar-refractivity contribution in [3.05, 3.63) is 77.6 Å². The number of aromatic nitrogens is 3. The van der Waals surface area contributed by atoms with E-state index in [0.29, 0.717) is 12.1 Å². The number of hydrogen-bond donors (Lipinski definition) is 5. The number of carbonyl (C=O) groups is 6. The zero-order valence-corrected chi connectivity index (χ0v) is 35.6. The molecule has 2 aliphatic rings. The third-order valence-electron chi connectivity index (χ3n) is 11.1. The average Bonchev–Trinajstić information content (AvgIpc) is 3.91. The van der Waals surface area contributed by atoms with Gasteiger partial charge in [0.05, 0.1) is 28.9 Å². The van der Waals surface area contributed by atoms with Crippen LogP contribution in [0.5, 0.6) is 0 Å². The minimum absolute atomic E-state index is 0.0111. The van der Waals surface area contributed by atoms with Gasteiger partial charge in [-0.25, -0.2) is 17.9 Å². The molecule has 2 heterocycles. The maximum absolute atomic E-state index is 14.8. The number of nitrogens with one attached hydrogen (secondary N) is 3. The monoisotopic (exact) mass is 864 g/mol. The molecule has 19 heteroatoms. The van der Waals surface area contributed by atoms with Crippen molar-refractivity contribution < 1.29 is 47.0 Å². The number of Topliss-reactive ketones (excluding diaryl/α,β-unsaturated/α-hetero) is 1. The highest BCUT2D eigenvalue weighted by atomic mass is 32.2. The number of carbonyl (C=O) groups excluding carboxylic acids is 6. The summed E-state index contributed by atoms with van der Waals surface area (Å²) >= 11 is 0. The van der Waals surface area contributed by atoms with Gasteiger partial charge in [0.2, 0.25) is 17.6 Å². The first-order chi connectivity index (χ1) is 28.9. The minimum Gasteiger partial charge on any atom is -0.445 e. The molecule has 1 aliphatic heterocycles. The lowest BCUT2D eigenvalue weighted by Gasteiger charge is -2.32. The highest BCUT2D eigenvalue weighted by molar-refractivity contribution is 7.90. The third kappa shape index (κ3) is 12.9. The van der Waals surface area contributed by atoms with Gasteiger partial charge in [0, 0.05) is 31.3 Å². The number of alkyl carbamates (subject to hydrolysis) is 1. The Bertz CT molecular complexity index is 2130. The fourth-order valence-electron chi connectivity index (χ4n) is 7.85. The maximum atomic E-state index is 14.8. The Labute approximate surface area is 355 Å². The summed E-state index contributed by atoms with van der Waals surface area (Å²) in [5, 5.41) is 27.2. The maximum Gasteiger partial charge on any atom is 0.407 e. The highest BCUT2D eigenvalue weighted by Gasteiger charge is 2.45. The van der Waals surface area contributed by atoms with Crippen LogP contribution < -0.4 is 21.7 Å². The van der Waals surface area contributed by atoms with Crippen LogP contribution in [0, 0.1) is 5.92 Å². The summed E-state index contributed by atoms with van der Waals surface area (Å²) in [7, 11) is -3.53. The van der Waals surface area contributed by atoms with E-state index < -0.39 is 75.1 Å². The smallest absolute Gasteiger partial charge is 0.407 e. The van der Waals surface area contributed by atoms with E-state index in [0.717, 1.165) is 43.9 Å². The van der Waals surface area contributed by atoms with E-state index in [1.165, 1.54) is 40.0 Å². The predicted molar refractivity (Wildman–Crippen MR) is 221 cm³/mol. The normalized spacial score (nSPS) is 18.1. The van der Waals surface area contributed by atoms with Gasteiger partial charge in [0.1, 0.15) is 24.3 Å². The number of primary amides is 1. The lowest BCUT2D eigenvalue weighted by atomic mass is 9.84. The number of nitrogens with two attached hydrogens (primary N) is 1. The number of likely N-dealkylation sites (tertiary alicyclic amines) is 1. The van der Waals surface area contributed by atoms with E-state index in [9.17, 15) is 42.3 Å². The molecule has 1 aliphatic carbocycles. The molecule has 1 unspecified atom stereocenters. The van der Waals surface area contributed by atoms with Crippen molar-refractivity contribution in [2.45, 2.75) is 119 Å². The summed E-state index contributed by atoms with van der Waals surface area (Å²) in [6, 6.07) is 10.2. The SMILES string of the molecule is CC(C)(O)c1cnnn1[C@H]1C[C@@H](C(=O)NC(CCCCNC(=O)OCc2ccccc2)C(=O)C(N)=O)N(C(=O)[C@@H](CC2CCCCC2)NC(=O)c2ccc(S(C)(=O)=O)cc2)C1. The van der Waals surface area contributed by atoms with Crippen molar-refractivity contribution in [1.82, 2.24) is 35.8 Å². The number of aliphatic hydroxyl groups is 1. The van der Waals surface area contributed by atoms with Crippen LogP contribution in [-0.4, -0.2) is 106 Å². The number of amides is 5. The molecule has 330 valence electrons. The molecule has 1 aromatic heterocycles. The van der Waals surface area contributed by atoms with E-state index in [2.05, 4.69) is 26.3 Å².